The molecule has 0 bridgehead atoms. The molecule has 1 atom stereocenters. The van der Waals surface area contributed by atoms with Gasteiger partial charge in [0.25, 0.3) is 0 Å². The fourth-order valence-corrected chi connectivity index (χ4v) is 4.82. The molecule has 0 radical (unpaired) electrons. The topological polar surface area (TPSA) is 100 Å². The van der Waals surface area contributed by atoms with Gasteiger partial charge in [0.05, 0.1) is 23.5 Å². The molecule has 0 spiro atoms. The van der Waals surface area contributed by atoms with Crippen LogP contribution in [0.4, 0.5) is 5.69 Å². The number of amides is 2. The van der Waals surface area contributed by atoms with Crippen molar-refractivity contribution in [1.29, 1.82) is 0 Å². The van der Waals surface area contributed by atoms with Gasteiger partial charge in [0, 0.05) is 31.6 Å². The standard InChI is InChI=1S/C22H33N5O2/c23-16-1-3-17(4-2-16)24-13-15-9-11-27(12-10-15)18-5-7-20(25-14-18)19-6-8-21(28)26-22(19)29/h5,7,14-17,19,24H,1-4,6,8-13,23H2,(H,26,28,29). The van der Waals surface area contributed by atoms with E-state index >= 15 is 0 Å². The van der Waals surface area contributed by atoms with Crippen molar-refractivity contribution in [1.82, 2.24) is 15.6 Å². The average molecular weight is 400 g/mol. The Morgan fingerprint density at radius 1 is 1.07 bits per heavy atom. The van der Waals surface area contributed by atoms with Crippen LogP contribution in [0.1, 0.15) is 63.0 Å². The molecule has 3 heterocycles. The van der Waals surface area contributed by atoms with E-state index in [1.165, 1.54) is 25.7 Å². The van der Waals surface area contributed by atoms with E-state index in [0.717, 1.165) is 49.8 Å². The first-order valence-electron chi connectivity index (χ1n) is 11.1. The molecule has 1 unspecified atom stereocenters. The van der Waals surface area contributed by atoms with Crippen LogP contribution in [0.15, 0.2) is 18.3 Å². The van der Waals surface area contributed by atoms with Crippen LogP contribution in [-0.2, 0) is 9.59 Å². The molecular weight excluding hydrogens is 366 g/mol. The fraction of sp³-hybridized carbons (Fsp3) is 0.682. The lowest BCUT2D eigenvalue weighted by atomic mass is 9.90. The summed E-state index contributed by atoms with van der Waals surface area (Å²) in [6, 6.07) is 5.07. The van der Waals surface area contributed by atoms with Crippen molar-refractivity contribution in [3.8, 4) is 0 Å². The predicted molar refractivity (Wildman–Crippen MR) is 113 cm³/mol. The van der Waals surface area contributed by atoms with Gasteiger partial charge in [-0.2, -0.15) is 0 Å². The lowest BCUT2D eigenvalue weighted by Crippen LogP contribution is -2.42. The van der Waals surface area contributed by atoms with E-state index in [2.05, 4.69) is 26.6 Å². The Morgan fingerprint density at radius 3 is 2.48 bits per heavy atom. The summed E-state index contributed by atoms with van der Waals surface area (Å²) in [4.78, 5) is 30.3. The molecule has 158 valence electrons. The van der Waals surface area contributed by atoms with Crippen molar-refractivity contribution in [2.45, 2.75) is 69.4 Å². The monoisotopic (exact) mass is 399 g/mol. The van der Waals surface area contributed by atoms with Crippen LogP contribution in [0, 0.1) is 5.92 Å². The molecule has 2 saturated heterocycles. The highest BCUT2D eigenvalue weighted by Crippen LogP contribution is 2.27. The van der Waals surface area contributed by atoms with Gasteiger partial charge in [0.2, 0.25) is 11.8 Å². The highest BCUT2D eigenvalue weighted by Gasteiger charge is 2.29. The number of piperidine rings is 2. The van der Waals surface area contributed by atoms with Crippen molar-refractivity contribution >= 4 is 17.5 Å². The van der Waals surface area contributed by atoms with Crippen molar-refractivity contribution in [2.24, 2.45) is 11.7 Å². The zero-order chi connectivity index (χ0) is 20.2. The van der Waals surface area contributed by atoms with E-state index in [1.54, 1.807) is 0 Å². The minimum atomic E-state index is -0.312. The number of pyridine rings is 1. The lowest BCUT2D eigenvalue weighted by molar-refractivity contribution is -0.134. The van der Waals surface area contributed by atoms with Crippen LogP contribution in [0.3, 0.4) is 0 Å². The molecule has 7 nitrogen and oxygen atoms in total. The maximum atomic E-state index is 12.0. The summed E-state index contributed by atoms with van der Waals surface area (Å²) in [5.74, 6) is 0.00695. The second kappa shape index (κ2) is 9.22. The van der Waals surface area contributed by atoms with Crippen LogP contribution in [-0.4, -0.2) is 48.5 Å². The summed E-state index contributed by atoms with van der Waals surface area (Å²) < 4.78 is 0. The normalized spacial score (nSPS) is 29.0. The van der Waals surface area contributed by atoms with E-state index in [0.29, 0.717) is 24.9 Å². The number of nitrogens with zero attached hydrogens (tertiary/aromatic N) is 2. The van der Waals surface area contributed by atoms with Gasteiger partial charge >= 0.3 is 0 Å². The quantitative estimate of drug-likeness (QED) is 0.652. The number of aromatic nitrogens is 1. The molecule has 1 aromatic rings. The minimum absolute atomic E-state index is 0.188. The largest absolute Gasteiger partial charge is 0.370 e. The second-order valence-corrected chi connectivity index (χ2v) is 8.90. The number of rotatable bonds is 5. The Bertz CT molecular complexity index is 706. The summed E-state index contributed by atoms with van der Waals surface area (Å²) in [5, 5.41) is 6.18. The first-order chi connectivity index (χ1) is 14.1. The third-order valence-corrected chi connectivity index (χ3v) is 6.81. The summed E-state index contributed by atoms with van der Waals surface area (Å²) in [6.45, 7) is 3.20. The van der Waals surface area contributed by atoms with Crippen molar-refractivity contribution in [2.75, 3.05) is 24.5 Å². The second-order valence-electron chi connectivity index (χ2n) is 8.90. The molecule has 29 heavy (non-hydrogen) atoms. The zero-order valence-corrected chi connectivity index (χ0v) is 17.1. The number of carbonyl (C=O) groups excluding carboxylic acids is 2. The number of anilines is 1. The smallest absolute Gasteiger partial charge is 0.235 e. The van der Waals surface area contributed by atoms with Gasteiger partial charge in [-0.15, -0.1) is 0 Å². The molecular formula is C22H33N5O2. The molecule has 3 aliphatic rings. The van der Waals surface area contributed by atoms with E-state index in [9.17, 15) is 9.59 Å². The van der Waals surface area contributed by atoms with E-state index in [4.69, 9.17) is 5.73 Å². The first-order valence-corrected chi connectivity index (χ1v) is 11.1. The Morgan fingerprint density at radius 2 is 1.83 bits per heavy atom. The fourth-order valence-electron chi connectivity index (χ4n) is 4.82. The van der Waals surface area contributed by atoms with Gasteiger partial charge in [-0.05, 0) is 69.5 Å². The number of nitrogens with one attached hydrogen (secondary N) is 2. The minimum Gasteiger partial charge on any atom is -0.370 e. The first kappa shape index (κ1) is 20.3. The molecule has 1 aromatic heterocycles. The number of nitrogens with two attached hydrogens (primary N) is 1. The van der Waals surface area contributed by atoms with Crippen molar-refractivity contribution in [3.05, 3.63) is 24.0 Å². The SMILES string of the molecule is NC1CCC(NCC2CCN(c3ccc(C4CCC(=O)NC4=O)nc3)CC2)CC1. The van der Waals surface area contributed by atoms with Crippen LogP contribution < -0.4 is 21.3 Å². The van der Waals surface area contributed by atoms with E-state index < -0.39 is 0 Å². The zero-order valence-electron chi connectivity index (χ0n) is 17.1. The molecule has 2 amide bonds. The van der Waals surface area contributed by atoms with Crippen LogP contribution >= 0.6 is 0 Å². The molecule has 0 aromatic carbocycles. The van der Waals surface area contributed by atoms with Gasteiger partial charge in [0.15, 0.2) is 0 Å². The van der Waals surface area contributed by atoms with Crippen LogP contribution in [0.2, 0.25) is 0 Å². The van der Waals surface area contributed by atoms with Crippen molar-refractivity contribution < 1.29 is 9.59 Å². The Hall–Kier alpha value is -1.99. The summed E-state index contributed by atoms with van der Waals surface area (Å²) in [6.07, 6.45) is 9.91. The summed E-state index contributed by atoms with van der Waals surface area (Å²) in [7, 11) is 0. The maximum Gasteiger partial charge on any atom is 0.235 e. The van der Waals surface area contributed by atoms with E-state index in [-0.39, 0.29) is 17.7 Å². The Labute approximate surface area is 172 Å². The van der Waals surface area contributed by atoms with Gasteiger partial charge in [-0.3, -0.25) is 19.9 Å². The molecule has 1 aliphatic carbocycles. The Balaban J connectivity index is 1.23. The van der Waals surface area contributed by atoms with Gasteiger partial charge < -0.3 is 16.0 Å². The highest BCUT2D eigenvalue weighted by atomic mass is 16.2. The molecule has 1 saturated carbocycles. The predicted octanol–water partition coefficient (Wildman–Crippen LogP) is 1.68. The molecule has 7 heteroatoms. The van der Waals surface area contributed by atoms with Gasteiger partial charge in [-0.1, -0.05) is 0 Å². The third-order valence-electron chi connectivity index (χ3n) is 6.81. The number of carbonyl (C=O) groups is 2. The average Bonchev–Trinajstić information content (AvgIpc) is 2.74. The molecule has 4 N–H and O–H groups in total. The van der Waals surface area contributed by atoms with Gasteiger partial charge in [0.1, 0.15) is 0 Å². The number of hydrogen-bond acceptors (Lipinski definition) is 6. The highest BCUT2D eigenvalue weighted by molar-refractivity contribution is 6.00. The molecule has 4 rings (SSSR count). The maximum absolute atomic E-state index is 12.0. The lowest BCUT2D eigenvalue weighted by Gasteiger charge is -2.35. The number of imide groups is 1. The molecule has 3 fully saturated rings. The summed E-state index contributed by atoms with van der Waals surface area (Å²) in [5.41, 5.74) is 7.87. The molecule has 2 aliphatic heterocycles. The van der Waals surface area contributed by atoms with Crippen LogP contribution in [0.25, 0.3) is 0 Å². The number of hydrogen-bond donors (Lipinski definition) is 3. The van der Waals surface area contributed by atoms with Gasteiger partial charge in [-0.25, -0.2) is 0 Å². The van der Waals surface area contributed by atoms with Crippen LogP contribution in [0.5, 0.6) is 0 Å². The van der Waals surface area contributed by atoms with Crippen molar-refractivity contribution in [3.63, 3.8) is 0 Å². The third kappa shape index (κ3) is 5.14. The van der Waals surface area contributed by atoms with E-state index in [1.807, 2.05) is 12.3 Å². The summed E-state index contributed by atoms with van der Waals surface area (Å²) >= 11 is 0. The Kier molecular flexibility index (Phi) is 6.45.